The first kappa shape index (κ1) is 27.7. The van der Waals surface area contributed by atoms with Crippen molar-refractivity contribution < 1.29 is 34.0 Å². The minimum Gasteiger partial charge on any atom is -0.493 e. The van der Waals surface area contributed by atoms with E-state index in [1.165, 1.54) is 38.8 Å². The van der Waals surface area contributed by atoms with E-state index < -0.39 is 11.9 Å². The number of benzene rings is 1. The van der Waals surface area contributed by atoms with E-state index in [0.717, 1.165) is 31.1 Å². The number of carbonyl (C=O) groups is 2. The number of likely N-dealkylation sites (tertiary alicyclic amines) is 1. The Labute approximate surface area is 191 Å². The van der Waals surface area contributed by atoms with Gasteiger partial charge < -0.3 is 29.3 Å². The Morgan fingerprint density at radius 3 is 2.44 bits per heavy atom. The third kappa shape index (κ3) is 11.3. The highest BCUT2D eigenvalue weighted by atomic mass is 16.5. The molecule has 0 saturated carbocycles. The van der Waals surface area contributed by atoms with Crippen molar-refractivity contribution in [1.82, 2.24) is 4.90 Å². The Morgan fingerprint density at radius 2 is 1.84 bits per heavy atom. The maximum absolute atomic E-state index is 9.10. The van der Waals surface area contributed by atoms with E-state index in [-0.39, 0.29) is 6.10 Å². The highest BCUT2D eigenvalue weighted by Gasteiger charge is 2.28. The molecule has 0 spiro atoms. The van der Waals surface area contributed by atoms with E-state index in [9.17, 15) is 0 Å². The fourth-order valence-electron chi connectivity index (χ4n) is 3.65. The molecule has 2 N–H and O–H groups in total. The van der Waals surface area contributed by atoms with Crippen LogP contribution in [0.4, 0.5) is 0 Å². The minimum absolute atomic E-state index is 0.176. The molecule has 1 saturated heterocycles. The smallest absolute Gasteiger partial charge is 0.414 e. The molecule has 1 aliphatic heterocycles. The molecule has 0 bridgehead atoms. The topological polar surface area (TPSA) is 106 Å². The molecule has 0 aromatic heterocycles. The Bertz CT molecular complexity index is 668. The molecule has 1 aromatic rings. The van der Waals surface area contributed by atoms with E-state index in [0.29, 0.717) is 12.0 Å². The number of hydrogen-bond donors (Lipinski definition) is 2. The summed E-state index contributed by atoms with van der Waals surface area (Å²) in [5, 5.41) is 14.8. The van der Waals surface area contributed by atoms with Crippen LogP contribution < -0.4 is 9.47 Å². The lowest BCUT2D eigenvalue weighted by molar-refractivity contribution is -0.159. The summed E-state index contributed by atoms with van der Waals surface area (Å²) in [5.74, 6) is -1.32. The maximum atomic E-state index is 9.10. The number of hydrogen-bond acceptors (Lipinski definition) is 6. The number of unbranched alkanes of at least 4 members (excludes halogenated alkanes) is 2. The first-order chi connectivity index (χ1) is 15.3. The van der Waals surface area contributed by atoms with Gasteiger partial charge in [-0.2, -0.15) is 0 Å². The van der Waals surface area contributed by atoms with E-state index >= 15 is 0 Å². The third-order valence-electron chi connectivity index (χ3n) is 5.28. The SMILES string of the molecule is CCCCCN1CC[C@@H](CCOc2cccc(OC(C)C)c2)[C@@H](OC)C1.O=C(O)C(=O)O. The van der Waals surface area contributed by atoms with E-state index in [2.05, 4.69) is 11.8 Å². The predicted molar refractivity (Wildman–Crippen MR) is 122 cm³/mol. The minimum atomic E-state index is -1.82. The van der Waals surface area contributed by atoms with Crippen LogP contribution in [-0.2, 0) is 14.3 Å². The molecule has 0 aliphatic carbocycles. The van der Waals surface area contributed by atoms with Crippen LogP contribution in [-0.4, -0.2) is 72.6 Å². The predicted octanol–water partition coefficient (Wildman–Crippen LogP) is 3.93. The van der Waals surface area contributed by atoms with Gasteiger partial charge in [-0.15, -0.1) is 0 Å². The van der Waals surface area contributed by atoms with E-state index in [1.807, 2.05) is 45.2 Å². The molecule has 0 unspecified atom stereocenters. The van der Waals surface area contributed by atoms with Gasteiger partial charge in [0.25, 0.3) is 0 Å². The van der Waals surface area contributed by atoms with Gasteiger partial charge in [0, 0.05) is 19.7 Å². The summed E-state index contributed by atoms with van der Waals surface area (Å²) >= 11 is 0. The number of piperidine rings is 1. The molecule has 8 heteroatoms. The number of rotatable bonds is 11. The number of ether oxygens (including phenoxy) is 3. The van der Waals surface area contributed by atoms with Gasteiger partial charge in [-0.1, -0.05) is 25.8 Å². The molecule has 1 fully saturated rings. The highest BCUT2D eigenvalue weighted by molar-refractivity contribution is 6.27. The largest absolute Gasteiger partial charge is 0.493 e. The van der Waals surface area contributed by atoms with Gasteiger partial charge in [0.05, 0.1) is 18.8 Å². The Morgan fingerprint density at radius 1 is 1.16 bits per heavy atom. The molecule has 8 nitrogen and oxygen atoms in total. The number of nitrogens with zero attached hydrogens (tertiary/aromatic N) is 1. The van der Waals surface area contributed by atoms with Crippen molar-refractivity contribution in [3.63, 3.8) is 0 Å². The van der Waals surface area contributed by atoms with Crippen LogP contribution >= 0.6 is 0 Å². The lowest BCUT2D eigenvalue weighted by Gasteiger charge is -2.37. The number of aliphatic carboxylic acids is 2. The van der Waals surface area contributed by atoms with Crippen LogP contribution in [0.1, 0.15) is 52.9 Å². The second kappa shape index (κ2) is 15.5. The normalized spacial score (nSPS) is 18.5. The van der Waals surface area contributed by atoms with Crippen LogP contribution in [0.5, 0.6) is 11.5 Å². The first-order valence-corrected chi connectivity index (χ1v) is 11.4. The van der Waals surface area contributed by atoms with Crippen molar-refractivity contribution in [1.29, 1.82) is 0 Å². The van der Waals surface area contributed by atoms with Gasteiger partial charge >= 0.3 is 11.9 Å². The van der Waals surface area contributed by atoms with Crippen molar-refractivity contribution >= 4 is 11.9 Å². The summed E-state index contributed by atoms with van der Waals surface area (Å²) in [6.07, 6.45) is 6.65. The third-order valence-corrected chi connectivity index (χ3v) is 5.28. The van der Waals surface area contributed by atoms with Crippen LogP contribution in [0, 0.1) is 5.92 Å². The van der Waals surface area contributed by atoms with Crippen molar-refractivity contribution in [2.24, 2.45) is 5.92 Å². The van der Waals surface area contributed by atoms with Crippen molar-refractivity contribution in [2.45, 2.75) is 65.1 Å². The molecule has 0 radical (unpaired) electrons. The van der Waals surface area contributed by atoms with Crippen molar-refractivity contribution in [2.75, 3.05) is 33.4 Å². The number of carboxylic acids is 2. The summed E-state index contributed by atoms with van der Waals surface area (Å²) in [7, 11) is 1.85. The second-order valence-corrected chi connectivity index (χ2v) is 8.22. The zero-order chi connectivity index (χ0) is 23.9. The van der Waals surface area contributed by atoms with Crippen LogP contribution in [0.25, 0.3) is 0 Å². The quantitative estimate of drug-likeness (QED) is 0.384. The second-order valence-electron chi connectivity index (χ2n) is 8.22. The van der Waals surface area contributed by atoms with Crippen LogP contribution in [0.2, 0.25) is 0 Å². The molecule has 2 rings (SSSR count). The zero-order valence-corrected chi connectivity index (χ0v) is 19.8. The Balaban J connectivity index is 0.000000751. The van der Waals surface area contributed by atoms with Crippen molar-refractivity contribution in [3.05, 3.63) is 24.3 Å². The molecule has 32 heavy (non-hydrogen) atoms. The van der Waals surface area contributed by atoms with Gasteiger partial charge in [-0.25, -0.2) is 9.59 Å². The number of carboxylic acid groups (broad SMARTS) is 2. The average Bonchev–Trinajstić information content (AvgIpc) is 2.75. The molecule has 182 valence electrons. The van der Waals surface area contributed by atoms with Gasteiger partial charge in [0.15, 0.2) is 0 Å². The fourth-order valence-corrected chi connectivity index (χ4v) is 3.65. The van der Waals surface area contributed by atoms with E-state index in [4.69, 9.17) is 34.0 Å². The molecule has 1 heterocycles. The van der Waals surface area contributed by atoms with E-state index in [1.54, 1.807) is 0 Å². The fraction of sp³-hybridized carbons (Fsp3) is 0.667. The molecule has 2 atom stereocenters. The standard InChI is InChI=1S/C22H37NO3.C2H2O4/c1-5-6-7-13-23-14-11-19(22(17-23)24-4)12-15-25-20-9-8-10-21(16-20)26-18(2)3;3-1(4)2(5)6/h8-10,16,18-19,22H,5-7,11-15,17H2,1-4H3;(H,3,4)(H,5,6)/t19-,22-;/m0./s1. The lowest BCUT2D eigenvalue weighted by Crippen LogP contribution is -2.45. The highest BCUT2D eigenvalue weighted by Crippen LogP contribution is 2.25. The van der Waals surface area contributed by atoms with Crippen LogP contribution in [0.15, 0.2) is 24.3 Å². The molecular formula is C24H39NO7. The van der Waals surface area contributed by atoms with Crippen LogP contribution in [0.3, 0.4) is 0 Å². The van der Waals surface area contributed by atoms with Crippen molar-refractivity contribution in [3.8, 4) is 11.5 Å². The monoisotopic (exact) mass is 453 g/mol. The van der Waals surface area contributed by atoms with Gasteiger partial charge in [-0.05, 0) is 64.3 Å². The average molecular weight is 454 g/mol. The van der Waals surface area contributed by atoms with Gasteiger partial charge in [0.2, 0.25) is 0 Å². The summed E-state index contributed by atoms with van der Waals surface area (Å²) in [6.45, 7) is 10.5. The van der Waals surface area contributed by atoms with Gasteiger partial charge in [0.1, 0.15) is 11.5 Å². The molecule has 1 aliphatic rings. The van der Waals surface area contributed by atoms with Gasteiger partial charge in [-0.3, -0.25) is 0 Å². The Hall–Kier alpha value is -2.32. The summed E-state index contributed by atoms with van der Waals surface area (Å²) in [6, 6.07) is 7.93. The first-order valence-electron chi connectivity index (χ1n) is 11.4. The number of methoxy groups -OCH3 is 1. The summed E-state index contributed by atoms with van der Waals surface area (Å²) < 4.78 is 17.5. The zero-order valence-electron chi connectivity index (χ0n) is 19.8. The molecular weight excluding hydrogens is 414 g/mol. The summed E-state index contributed by atoms with van der Waals surface area (Å²) in [4.78, 5) is 20.8. The molecule has 1 aromatic carbocycles. The Kier molecular flexibility index (Phi) is 13.4. The summed E-state index contributed by atoms with van der Waals surface area (Å²) in [5.41, 5.74) is 0. The molecule has 0 amide bonds. The lowest BCUT2D eigenvalue weighted by atomic mass is 9.91. The maximum Gasteiger partial charge on any atom is 0.414 e.